The Kier molecular flexibility index (Phi) is 64.9. The molecular formula is C71H135NO5. The van der Waals surface area contributed by atoms with Gasteiger partial charge in [0.15, 0.2) is 0 Å². The summed E-state index contributed by atoms with van der Waals surface area (Å²) >= 11 is 0. The Balaban J connectivity index is 3.43. The van der Waals surface area contributed by atoms with Gasteiger partial charge in [-0.05, 0) is 77.0 Å². The van der Waals surface area contributed by atoms with Gasteiger partial charge in [0.25, 0.3) is 0 Å². The number of carbonyl (C=O) groups is 2. The number of carbonyl (C=O) groups excluding carboxylic acids is 2. The molecule has 0 bridgehead atoms. The average Bonchev–Trinajstić information content (AvgIpc) is 3.43. The predicted octanol–water partition coefficient (Wildman–Crippen LogP) is 22.3. The highest BCUT2D eigenvalue weighted by atomic mass is 16.5. The molecule has 0 aromatic carbocycles. The second kappa shape index (κ2) is 66.6. The van der Waals surface area contributed by atoms with Crippen LogP contribution in [0.3, 0.4) is 0 Å². The zero-order valence-electron chi connectivity index (χ0n) is 52.0. The molecular weight excluding hydrogens is 947 g/mol. The molecule has 6 nitrogen and oxygen atoms in total. The number of amides is 1. The average molecular weight is 1080 g/mol. The molecule has 0 saturated heterocycles. The van der Waals surface area contributed by atoms with Crippen LogP contribution >= 0.6 is 0 Å². The smallest absolute Gasteiger partial charge is 0.305 e. The van der Waals surface area contributed by atoms with E-state index >= 15 is 0 Å². The molecule has 77 heavy (non-hydrogen) atoms. The van der Waals surface area contributed by atoms with Crippen LogP contribution < -0.4 is 5.32 Å². The minimum Gasteiger partial charge on any atom is -0.466 e. The van der Waals surface area contributed by atoms with Crippen LogP contribution in [0, 0.1) is 0 Å². The summed E-state index contributed by atoms with van der Waals surface area (Å²) in [7, 11) is 0. The molecule has 0 saturated carbocycles. The largest absolute Gasteiger partial charge is 0.466 e. The summed E-state index contributed by atoms with van der Waals surface area (Å²) in [5.74, 6) is -0.0631. The molecule has 0 aliphatic heterocycles. The molecule has 0 aliphatic rings. The summed E-state index contributed by atoms with van der Waals surface area (Å²) in [5, 5.41) is 23.3. The number of rotatable bonds is 65. The molecule has 0 aromatic heterocycles. The van der Waals surface area contributed by atoms with Crippen molar-refractivity contribution in [1.29, 1.82) is 0 Å². The van der Waals surface area contributed by atoms with Gasteiger partial charge >= 0.3 is 5.97 Å². The summed E-state index contributed by atoms with van der Waals surface area (Å²) in [6.07, 6.45) is 85.0. The van der Waals surface area contributed by atoms with E-state index in [1.807, 2.05) is 6.08 Å². The van der Waals surface area contributed by atoms with Gasteiger partial charge in [0.1, 0.15) is 0 Å². The first-order chi connectivity index (χ1) is 38.0. The predicted molar refractivity (Wildman–Crippen MR) is 338 cm³/mol. The van der Waals surface area contributed by atoms with Gasteiger partial charge in [-0.1, -0.05) is 326 Å². The lowest BCUT2D eigenvalue weighted by Crippen LogP contribution is -2.45. The summed E-state index contributed by atoms with van der Waals surface area (Å²) in [4.78, 5) is 24.5. The molecule has 0 heterocycles. The molecule has 3 N–H and O–H groups in total. The van der Waals surface area contributed by atoms with Gasteiger partial charge in [0, 0.05) is 12.8 Å². The van der Waals surface area contributed by atoms with Gasteiger partial charge in [-0.25, -0.2) is 0 Å². The highest BCUT2D eigenvalue weighted by molar-refractivity contribution is 5.76. The third-order valence-corrected chi connectivity index (χ3v) is 16.1. The number of hydrogen-bond donors (Lipinski definition) is 3. The fourth-order valence-corrected chi connectivity index (χ4v) is 10.8. The van der Waals surface area contributed by atoms with Crippen molar-refractivity contribution < 1.29 is 24.5 Å². The summed E-state index contributed by atoms with van der Waals surface area (Å²) in [6.45, 7) is 4.89. The van der Waals surface area contributed by atoms with Crippen LogP contribution in [0.5, 0.6) is 0 Å². The van der Waals surface area contributed by atoms with E-state index in [0.29, 0.717) is 19.4 Å². The molecule has 454 valence electrons. The van der Waals surface area contributed by atoms with E-state index in [2.05, 4.69) is 43.5 Å². The van der Waals surface area contributed by atoms with Crippen LogP contribution in [-0.2, 0) is 14.3 Å². The van der Waals surface area contributed by atoms with Crippen molar-refractivity contribution in [1.82, 2.24) is 5.32 Å². The Bertz CT molecular complexity index is 1250. The summed E-state index contributed by atoms with van der Waals surface area (Å²) in [5.41, 5.74) is 0. The van der Waals surface area contributed by atoms with Crippen molar-refractivity contribution in [3.63, 3.8) is 0 Å². The zero-order chi connectivity index (χ0) is 55.7. The number of ether oxygens (including phenoxy) is 1. The third-order valence-electron chi connectivity index (χ3n) is 16.1. The summed E-state index contributed by atoms with van der Waals surface area (Å²) in [6, 6.07) is -0.631. The summed E-state index contributed by atoms with van der Waals surface area (Å²) < 4.78 is 5.46. The van der Waals surface area contributed by atoms with E-state index in [1.54, 1.807) is 6.08 Å². The number of esters is 1. The fourth-order valence-electron chi connectivity index (χ4n) is 10.8. The molecule has 2 unspecified atom stereocenters. The topological polar surface area (TPSA) is 95.9 Å². The Hall–Kier alpha value is -1.92. The highest BCUT2D eigenvalue weighted by Crippen LogP contribution is 2.18. The van der Waals surface area contributed by atoms with E-state index in [0.717, 1.165) is 44.9 Å². The number of aliphatic hydroxyl groups is 2. The molecule has 1 amide bonds. The lowest BCUT2D eigenvalue weighted by atomic mass is 10.0. The van der Waals surface area contributed by atoms with Gasteiger partial charge in [0.05, 0.1) is 25.4 Å². The third kappa shape index (κ3) is 63.1. The standard InChI is InChI=1S/C71H135NO5/c1-3-5-7-9-11-13-15-16-17-18-19-20-25-28-31-34-37-40-44-47-51-55-59-63-69(74)68(67-73)72-70(75)64-60-56-52-48-45-41-38-35-32-29-26-23-21-22-24-27-30-33-36-39-42-46-50-54-58-62-66-77-71(76)65-61-57-53-49-43-14-12-10-8-6-4-2/h10,12,21,23,59,63,68-69,73-74H,3-9,11,13-20,22,24-58,60-62,64-67H2,1-2H3,(H,72,75)/b12-10-,23-21-,63-59+. The molecule has 0 aromatic rings. The molecule has 0 spiro atoms. The van der Waals surface area contributed by atoms with E-state index in [4.69, 9.17) is 4.74 Å². The van der Waals surface area contributed by atoms with Crippen LogP contribution in [0.4, 0.5) is 0 Å². The van der Waals surface area contributed by atoms with Crippen molar-refractivity contribution in [3.8, 4) is 0 Å². The Labute approximate surface area is 481 Å². The molecule has 0 fully saturated rings. The Morgan fingerprint density at radius 1 is 0.351 bits per heavy atom. The van der Waals surface area contributed by atoms with E-state index in [9.17, 15) is 19.8 Å². The maximum Gasteiger partial charge on any atom is 0.305 e. The first kappa shape index (κ1) is 75.1. The first-order valence-corrected chi connectivity index (χ1v) is 34.8. The lowest BCUT2D eigenvalue weighted by molar-refractivity contribution is -0.143. The van der Waals surface area contributed by atoms with E-state index in [-0.39, 0.29) is 18.5 Å². The van der Waals surface area contributed by atoms with Crippen LogP contribution in [0.2, 0.25) is 0 Å². The van der Waals surface area contributed by atoms with Gasteiger partial charge in [-0.3, -0.25) is 9.59 Å². The van der Waals surface area contributed by atoms with Crippen LogP contribution in [0.25, 0.3) is 0 Å². The number of aliphatic hydroxyl groups excluding tert-OH is 2. The SMILES string of the molecule is CCCC/C=C\CCCCCCCC(=O)OCCCCCCCCCCCCCC/C=C\CCCCCCCCCCCCC(=O)NC(CO)C(O)/C=C/CCCCCCCCCCCCCCCCCCCCCCC. The molecule has 2 atom stereocenters. The van der Waals surface area contributed by atoms with Crippen LogP contribution in [0.15, 0.2) is 36.5 Å². The first-order valence-electron chi connectivity index (χ1n) is 34.8. The Morgan fingerprint density at radius 3 is 0.961 bits per heavy atom. The van der Waals surface area contributed by atoms with Crippen molar-refractivity contribution in [3.05, 3.63) is 36.5 Å². The number of allylic oxidation sites excluding steroid dienone is 5. The fraction of sp³-hybridized carbons (Fsp3) is 0.887. The lowest BCUT2D eigenvalue weighted by Gasteiger charge is -2.20. The molecule has 6 heteroatoms. The van der Waals surface area contributed by atoms with Gasteiger partial charge in [-0.15, -0.1) is 0 Å². The number of hydrogen-bond acceptors (Lipinski definition) is 5. The van der Waals surface area contributed by atoms with E-state index in [1.165, 1.54) is 308 Å². The van der Waals surface area contributed by atoms with Crippen LogP contribution in [0.1, 0.15) is 380 Å². The minimum absolute atomic E-state index is 0.00309. The van der Waals surface area contributed by atoms with Gasteiger partial charge < -0.3 is 20.3 Å². The maximum absolute atomic E-state index is 12.5. The second-order valence-corrected chi connectivity index (χ2v) is 23.9. The number of unbranched alkanes of at least 4 members (excludes halogenated alkanes) is 50. The van der Waals surface area contributed by atoms with Crippen molar-refractivity contribution in [2.24, 2.45) is 0 Å². The molecule has 0 radical (unpaired) electrons. The normalized spacial score (nSPS) is 12.7. The monoisotopic (exact) mass is 1080 g/mol. The van der Waals surface area contributed by atoms with Gasteiger partial charge in [0.2, 0.25) is 5.91 Å². The molecule has 0 rings (SSSR count). The van der Waals surface area contributed by atoms with E-state index < -0.39 is 12.1 Å². The minimum atomic E-state index is -0.847. The van der Waals surface area contributed by atoms with Crippen LogP contribution in [-0.4, -0.2) is 47.4 Å². The zero-order valence-corrected chi connectivity index (χ0v) is 52.0. The Morgan fingerprint density at radius 2 is 0.623 bits per heavy atom. The van der Waals surface area contributed by atoms with Crippen molar-refractivity contribution in [2.45, 2.75) is 392 Å². The second-order valence-electron chi connectivity index (χ2n) is 23.9. The molecule has 0 aliphatic carbocycles. The number of nitrogens with one attached hydrogen (secondary N) is 1. The quantitative estimate of drug-likeness (QED) is 0.0320. The van der Waals surface area contributed by atoms with Gasteiger partial charge in [-0.2, -0.15) is 0 Å². The van der Waals surface area contributed by atoms with Crippen molar-refractivity contribution in [2.75, 3.05) is 13.2 Å². The van der Waals surface area contributed by atoms with Crippen molar-refractivity contribution >= 4 is 11.9 Å². The maximum atomic E-state index is 12.5. The highest BCUT2D eigenvalue weighted by Gasteiger charge is 2.18.